The first kappa shape index (κ1) is 13.5. The van der Waals surface area contributed by atoms with Gasteiger partial charge in [0.1, 0.15) is 16.5 Å². The number of hydrogen-bond acceptors (Lipinski definition) is 4. The first-order valence-electron chi connectivity index (χ1n) is 5.45. The largest absolute Gasteiger partial charge is 0.392 e. The van der Waals surface area contributed by atoms with Crippen molar-refractivity contribution in [2.75, 3.05) is 12.0 Å². The monoisotopic (exact) mass is 283 g/mol. The average Bonchev–Trinajstić information content (AvgIpc) is 2.77. The number of fused-ring (bicyclic) bond motifs is 1. The number of hydrogen-bond donors (Lipinski definition) is 1. The van der Waals surface area contributed by atoms with Crippen molar-refractivity contribution >= 4 is 28.9 Å². The summed E-state index contributed by atoms with van der Waals surface area (Å²) < 4.78 is 27.0. The lowest BCUT2D eigenvalue weighted by Gasteiger charge is -2.06. The maximum absolute atomic E-state index is 12.9. The van der Waals surface area contributed by atoms with Gasteiger partial charge in [0, 0.05) is 5.56 Å². The Hall–Kier alpha value is -1.88. The van der Waals surface area contributed by atoms with Crippen molar-refractivity contribution in [1.29, 1.82) is 0 Å². The number of thioether (sulfide) groups is 1. The van der Waals surface area contributed by atoms with Gasteiger partial charge in [0.15, 0.2) is 5.65 Å². The van der Waals surface area contributed by atoms with Gasteiger partial charge < -0.3 is 5.73 Å². The van der Waals surface area contributed by atoms with E-state index in [1.807, 2.05) is 0 Å². The summed E-state index contributed by atoms with van der Waals surface area (Å²) in [5, 5.41) is 4.22. The molecule has 8 heteroatoms. The number of nitrogens with zero attached hydrogens (tertiary/aromatic N) is 4. The molecule has 100 valence electrons. The van der Waals surface area contributed by atoms with E-state index in [9.17, 15) is 8.78 Å². The van der Waals surface area contributed by atoms with Crippen molar-refractivity contribution in [1.82, 2.24) is 14.6 Å². The molecule has 0 aliphatic heterocycles. The number of nitrogen functional groups attached to an aromatic ring is 1. The molecule has 0 aliphatic rings. The average molecular weight is 283 g/mol. The molecule has 0 atom stereocenters. The summed E-state index contributed by atoms with van der Waals surface area (Å²) in [4.78, 5) is 7.53. The zero-order valence-corrected chi connectivity index (χ0v) is 11.1. The Labute approximate surface area is 112 Å². The predicted molar refractivity (Wildman–Crippen MR) is 69.8 cm³/mol. The Balaban J connectivity index is 2.89. The van der Waals surface area contributed by atoms with Gasteiger partial charge in [0.05, 0.1) is 6.57 Å². The minimum absolute atomic E-state index is 0.0472. The molecule has 0 radical (unpaired) electrons. The van der Waals surface area contributed by atoms with E-state index in [-0.39, 0.29) is 17.2 Å². The Morgan fingerprint density at radius 2 is 2.21 bits per heavy atom. The second-order valence-electron chi connectivity index (χ2n) is 3.72. The van der Waals surface area contributed by atoms with Crippen molar-refractivity contribution < 1.29 is 8.78 Å². The lowest BCUT2D eigenvalue weighted by molar-refractivity contribution is 0.144. The van der Waals surface area contributed by atoms with Crippen LogP contribution >= 0.6 is 11.8 Å². The molecule has 5 nitrogen and oxygen atoms in total. The van der Waals surface area contributed by atoms with E-state index in [1.54, 1.807) is 13.2 Å². The molecular weight excluding hydrogens is 272 g/mol. The number of aryl methyl sites for hydroxylation is 1. The number of rotatable bonds is 3. The van der Waals surface area contributed by atoms with Crippen LogP contribution in [-0.4, -0.2) is 20.9 Å². The van der Waals surface area contributed by atoms with Crippen molar-refractivity contribution in [3.63, 3.8) is 0 Å². The summed E-state index contributed by atoms with van der Waals surface area (Å²) in [7, 11) is 0. The molecule has 19 heavy (non-hydrogen) atoms. The smallest absolute Gasteiger partial charge is 0.282 e. The van der Waals surface area contributed by atoms with Crippen LogP contribution in [0.1, 0.15) is 24.6 Å². The molecule has 0 saturated carbocycles. The maximum atomic E-state index is 12.9. The Bertz CT molecular complexity index is 674. The number of nitrogens with two attached hydrogens (primary N) is 1. The summed E-state index contributed by atoms with van der Waals surface area (Å²) in [6.45, 7) is 8.85. The summed E-state index contributed by atoms with van der Waals surface area (Å²) in [5.41, 5.74) is 6.32. The molecule has 0 bridgehead atoms. The first-order valence-corrected chi connectivity index (χ1v) is 6.68. The molecule has 2 N–H and O–H groups in total. The van der Waals surface area contributed by atoms with Crippen molar-refractivity contribution in [2.24, 2.45) is 0 Å². The molecule has 0 fully saturated rings. The van der Waals surface area contributed by atoms with E-state index < -0.39 is 6.43 Å². The number of aromatic nitrogens is 3. The fraction of sp³-hybridized carbons (Fsp3) is 0.364. The number of anilines is 1. The van der Waals surface area contributed by atoms with E-state index in [0.29, 0.717) is 22.7 Å². The number of alkyl halides is 2. The van der Waals surface area contributed by atoms with Crippen LogP contribution in [0.15, 0.2) is 5.03 Å². The Kier molecular flexibility index (Phi) is 3.57. The first-order chi connectivity index (χ1) is 9.04. The molecule has 2 heterocycles. The molecule has 0 amide bonds. The summed E-state index contributed by atoms with van der Waals surface area (Å²) in [6, 6.07) is 0. The molecule has 0 aromatic carbocycles. The topological polar surface area (TPSA) is 60.6 Å². The second-order valence-corrected chi connectivity index (χ2v) is 4.52. The van der Waals surface area contributed by atoms with Gasteiger partial charge in [-0.25, -0.2) is 23.1 Å². The summed E-state index contributed by atoms with van der Waals surface area (Å²) in [5.74, 6) is 0.0472. The minimum atomic E-state index is -2.69. The van der Waals surface area contributed by atoms with Gasteiger partial charge in [-0.05, 0) is 12.7 Å². The zero-order chi connectivity index (χ0) is 14.2. The van der Waals surface area contributed by atoms with Crippen molar-refractivity contribution in [3.8, 4) is 0 Å². The van der Waals surface area contributed by atoms with Crippen molar-refractivity contribution in [2.45, 2.75) is 24.8 Å². The van der Waals surface area contributed by atoms with Gasteiger partial charge in [-0.15, -0.1) is 11.8 Å². The molecule has 0 unspecified atom stereocenters. The summed E-state index contributed by atoms with van der Waals surface area (Å²) >= 11 is 1.25. The van der Waals surface area contributed by atoms with E-state index in [0.717, 1.165) is 4.52 Å². The molecule has 0 saturated heterocycles. The van der Waals surface area contributed by atoms with Crippen molar-refractivity contribution in [3.05, 3.63) is 22.7 Å². The summed E-state index contributed by atoms with van der Waals surface area (Å²) in [6.07, 6.45) is -0.561. The third-order valence-corrected chi connectivity index (χ3v) is 3.41. The highest BCUT2D eigenvalue weighted by Crippen LogP contribution is 2.35. The standard InChI is InChI=1S/C11H11F2N5S/c1-4-5-6(8(12)13)17-18-9(14)7(15-2)11(19-3)16-10(5)18/h8H,4,14H2,1,3H3. The molecule has 2 aromatic rings. The normalized spacial score (nSPS) is 11.2. The van der Waals surface area contributed by atoms with Gasteiger partial charge in [0.25, 0.3) is 12.1 Å². The van der Waals surface area contributed by atoms with Crippen LogP contribution in [0, 0.1) is 6.57 Å². The quantitative estimate of drug-likeness (QED) is 0.534. The predicted octanol–water partition coefficient (Wildman–Crippen LogP) is 3.08. The lowest BCUT2D eigenvalue weighted by Crippen LogP contribution is -2.02. The van der Waals surface area contributed by atoms with Crippen LogP contribution in [-0.2, 0) is 6.42 Å². The zero-order valence-electron chi connectivity index (χ0n) is 10.3. The minimum Gasteiger partial charge on any atom is -0.392 e. The van der Waals surface area contributed by atoms with E-state index in [1.165, 1.54) is 11.8 Å². The van der Waals surface area contributed by atoms with E-state index in [2.05, 4.69) is 14.9 Å². The van der Waals surface area contributed by atoms with Crippen LogP contribution in [0.3, 0.4) is 0 Å². The van der Waals surface area contributed by atoms with Crippen LogP contribution in [0.2, 0.25) is 0 Å². The molecule has 2 rings (SSSR count). The lowest BCUT2D eigenvalue weighted by atomic mass is 10.2. The highest BCUT2D eigenvalue weighted by molar-refractivity contribution is 7.98. The van der Waals surface area contributed by atoms with Crippen LogP contribution < -0.4 is 5.73 Å². The SMILES string of the molecule is [C-]#[N+]c1c(SC)nc2c(CC)c(C(F)F)nn2c1N. The fourth-order valence-electron chi connectivity index (χ4n) is 1.86. The highest BCUT2D eigenvalue weighted by Gasteiger charge is 2.23. The van der Waals surface area contributed by atoms with E-state index in [4.69, 9.17) is 12.3 Å². The number of halogens is 2. The van der Waals surface area contributed by atoms with E-state index >= 15 is 0 Å². The van der Waals surface area contributed by atoms with Gasteiger partial charge >= 0.3 is 0 Å². The Morgan fingerprint density at radius 1 is 1.53 bits per heavy atom. The molecule has 2 aromatic heterocycles. The van der Waals surface area contributed by atoms with Crippen LogP contribution in [0.25, 0.3) is 10.5 Å². The molecule has 0 spiro atoms. The van der Waals surface area contributed by atoms with Gasteiger partial charge in [-0.3, -0.25) is 0 Å². The second kappa shape index (κ2) is 5.01. The van der Waals surface area contributed by atoms with Gasteiger partial charge in [-0.1, -0.05) is 6.92 Å². The third kappa shape index (κ3) is 2.00. The maximum Gasteiger partial charge on any atom is 0.282 e. The molecule has 0 aliphatic carbocycles. The fourth-order valence-corrected chi connectivity index (χ4v) is 2.38. The van der Waals surface area contributed by atoms with Crippen LogP contribution in [0.4, 0.5) is 20.3 Å². The molecular formula is C11H11F2N5S. The van der Waals surface area contributed by atoms with Gasteiger partial charge in [0.2, 0.25) is 0 Å². The van der Waals surface area contributed by atoms with Gasteiger partial charge in [-0.2, -0.15) is 5.10 Å². The Morgan fingerprint density at radius 3 is 2.68 bits per heavy atom. The van der Waals surface area contributed by atoms with Crippen LogP contribution in [0.5, 0.6) is 0 Å². The third-order valence-electron chi connectivity index (χ3n) is 2.73. The highest BCUT2D eigenvalue weighted by atomic mass is 32.2.